The van der Waals surface area contributed by atoms with Crippen molar-refractivity contribution in [3.8, 4) is 5.75 Å². The lowest BCUT2D eigenvalue weighted by Gasteiger charge is -2.11. The maximum Gasteiger partial charge on any atom is 0.336 e. The monoisotopic (exact) mass is 219 g/mol. The minimum Gasteiger partial charge on any atom is -0.492 e. The zero-order valence-corrected chi connectivity index (χ0v) is 9.48. The van der Waals surface area contributed by atoms with Crippen LogP contribution in [0, 0.1) is 6.57 Å². The van der Waals surface area contributed by atoms with E-state index in [0.717, 1.165) is 0 Å². The molecule has 0 radical (unpaired) electrons. The second-order valence-corrected chi connectivity index (χ2v) is 3.49. The largest absolute Gasteiger partial charge is 0.492 e. The smallest absolute Gasteiger partial charge is 0.336 e. The fraction of sp³-hybridized carbons (Fsp3) is 0.333. The number of carbonyl (C=O) groups is 1. The van der Waals surface area contributed by atoms with E-state index in [1.807, 2.05) is 13.8 Å². The number of esters is 1. The topological polar surface area (TPSA) is 39.9 Å². The van der Waals surface area contributed by atoms with Gasteiger partial charge in [-0.15, -0.1) is 0 Å². The van der Waals surface area contributed by atoms with Crippen LogP contribution in [0.2, 0.25) is 0 Å². The average molecular weight is 219 g/mol. The molecule has 0 bridgehead atoms. The van der Waals surface area contributed by atoms with Crippen molar-refractivity contribution in [2.75, 3.05) is 7.11 Å². The highest BCUT2D eigenvalue weighted by Crippen LogP contribution is 2.24. The Labute approximate surface area is 94.6 Å². The Morgan fingerprint density at radius 1 is 1.38 bits per heavy atom. The minimum absolute atomic E-state index is 0.00789. The molecule has 84 valence electrons. The van der Waals surface area contributed by atoms with E-state index in [2.05, 4.69) is 9.58 Å². The van der Waals surface area contributed by atoms with Gasteiger partial charge < -0.3 is 9.47 Å². The maximum absolute atomic E-state index is 11.3. The second-order valence-electron chi connectivity index (χ2n) is 3.49. The molecule has 0 fully saturated rings. The van der Waals surface area contributed by atoms with Gasteiger partial charge in [0, 0.05) is 0 Å². The molecule has 0 aromatic heterocycles. The van der Waals surface area contributed by atoms with E-state index >= 15 is 0 Å². The quantitative estimate of drug-likeness (QED) is 0.579. The molecule has 4 nitrogen and oxygen atoms in total. The minimum atomic E-state index is -0.473. The van der Waals surface area contributed by atoms with Crippen LogP contribution in [0.4, 0.5) is 5.69 Å². The SMILES string of the molecule is [C-]#[N+]c1cc(OC(C)C)cc(C(=O)OC)c1. The first-order valence-corrected chi connectivity index (χ1v) is 4.84. The molecule has 1 rings (SSSR count). The number of carbonyl (C=O) groups excluding carboxylic acids is 1. The highest BCUT2D eigenvalue weighted by Gasteiger charge is 2.10. The van der Waals surface area contributed by atoms with E-state index in [9.17, 15) is 4.79 Å². The predicted molar refractivity (Wildman–Crippen MR) is 59.8 cm³/mol. The van der Waals surface area contributed by atoms with Gasteiger partial charge in [-0.2, -0.15) is 0 Å². The molecule has 4 heteroatoms. The summed E-state index contributed by atoms with van der Waals surface area (Å²) < 4.78 is 10.0. The van der Waals surface area contributed by atoms with Gasteiger partial charge in [0.2, 0.25) is 0 Å². The van der Waals surface area contributed by atoms with Gasteiger partial charge in [0.05, 0.1) is 25.3 Å². The molecular formula is C12H13NO3. The Hall–Kier alpha value is -2.02. The lowest BCUT2D eigenvalue weighted by Crippen LogP contribution is -2.07. The lowest BCUT2D eigenvalue weighted by atomic mass is 10.2. The molecular weight excluding hydrogens is 206 g/mol. The van der Waals surface area contributed by atoms with Crippen LogP contribution >= 0.6 is 0 Å². The first-order valence-electron chi connectivity index (χ1n) is 4.84. The molecule has 0 saturated carbocycles. The van der Waals surface area contributed by atoms with E-state index < -0.39 is 5.97 Å². The maximum atomic E-state index is 11.3. The van der Waals surface area contributed by atoms with Crippen LogP contribution in [-0.2, 0) is 4.74 Å². The van der Waals surface area contributed by atoms with Crippen LogP contribution in [0.5, 0.6) is 5.75 Å². The highest BCUT2D eigenvalue weighted by atomic mass is 16.5. The number of hydrogen-bond acceptors (Lipinski definition) is 3. The number of methoxy groups -OCH3 is 1. The van der Waals surface area contributed by atoms with Crippen molar-refractivity contribution in [1.29, 1.82) is 0 Å². The molecule has 0 aliphatic carbocycles. The molecule has 1 aromatic rings. The van der Waals surface area contributed by atoms with Gasteiger partial charge in [0.25, 0.3) is 0 Å². The van der Waals surface area contributed by atoms with Crippen molar-refractivity contribution in [3.63, 3.8) is 0 Å². The molecule has 0 saturated heterocycles. The molecule has 0 unspecified atom stereocenters. The number of ether oxygens (including phenoxy) is 2. The van der Waals surface area contributed by atoms with E-state index in [4.69, 9.17) is 11.3 Å². The van der Waals surface area contributed by atoms with E-state index in [0.29, 0.717) is 17.0 Å². The Morgan fingerprint density at radius 3 is 2.56 bits per heavy atom. The summed E-state index contributed by atoms with van der Waals surface area (Å²) >= 11 is 0. The van der Waals surface area contributed by atoms with Gasteiger partial charge in [-0.1, -0.05) is 0 Å². The fourth-order valence-electron chi connectivity index (χ4n) is 1.22. The summed E-state index contributed by atoms with van der Waals surface area (Å²) in [6.45, 7) is 10.7. The Kier molecular flexibility index (Phi) is 3.90. The third-order valence-electron chi connectivity index (χ3n) is 1.81. The normalized spacial score (nSPS) is 9.69. The van der Waals surface area contributed by atoms with Gasteiger partial charge in [0.15, 0.2) is 5.69 Å². The first-order chi connectivity index (χ1) is 7.56. The average Bonchev–Trinajstić information content (AvgIpc) is 2.26. The summed E-state index contributed by atoms with van der Waals surface area (Å²) in [4.78, 5) is 14.6. The zero-order chi connectivity index (χ0) is 12.1. The Morgan fingerprint density at radius 2 is 2.06 bits per heavy atom. The van der Waals surface area contributed by atoms with Gasteiger partial charge in [-0.3, -0.25) is 0 Å². The van der Waals surface area contributed by atoms with Crippen LogP contribution < -0.4 is 4.74 Å². The molecule has 0 amide bonds. The van der Waals surface area contributed by atoms with E-state index in [1.165, 1.54) is 13.2 Å². The van der Waals surface area contributed by atoms with Crippen LogP contribution in [0.25, 0.3) is 4.85 Å². The molecule has 0 atom stereocenters. The number of rotatable bonds is 3. The first kappa shape index (κ1) is 12.1. The van der Waals surface area contributed by atoms with Crippen LogP contribution in [-0.4, -0.2) is 19.2 Å². The van der Waals surface area contributed by atoms with Gasteiger partial charge >= 0.3 is 5.97 Å². The predicted octanol–water partition coefficient (Wildman–Crippen LogP) is 2.81. The molecule has 0 N–H and O–H groups in total. The van der Waals surface area contributed by atoms with Crippen LogP contribution in [0.15, 0.2) is 18.2 Å². The fourth-order valence-corrected chi connectivity index (χ4v) is 1.22. The van der Waals surface area contributed by atoms with E-state index in [1.54, 1.807) is 12.1 Å². The number of nitrogens with zero attached hydrogens (tertiary/aromatic N) is 1. The van der Waals surface area contributed by atoms with Gasteiger partial charge in [-0.05, 0) is 32.0 Å². The van der Waals surface area contributed by atoms with Gasteiger partial charge in [0.1, 0.15) is 5.75 Å². The molecule has 0 spiro atoms. The van der Waals surface area contributed by atoms with Crippen molar-refractivity contribution in [2.45, 2.75) is 20.0 Å². The van der Waals surface area contributed by atoms with Crippen molar-refractivity contribution in [1.82, 2.24) is 0 Å². The second kappa shape index (κ2) is 5.17. The number of hydrogen-bond donors (Lipinski definition) is 0. The van der Waals surface area contributed by atoms with E-state index in [-0.39, 0.29) is 6.10 Å². The van der Waals surface area contributed by atoms with Crippen molar-refractivity contribution in [2.24, 2.45) is 0 Å². The lowest BCUT2D eigenvalue weighted by molar-refractivity contribution is 0.0600. The van der Waals surface area contributed by atoms with Crippen molar-refractivity contribution >= 4 is 11.7 Å². The van der Waals surface area contributed by atoms with Crippen LogP contribution in [0.3, 0.4) is 0 Å². The van der Waals surface area contributed by atoms with Crippen molar-refractivity contribution in [3.05, 3.63) is 35.2 Å². The summed E-state index contributed by atoms with van der Waals surface area (Å²) in [5.74, 6) is 0.0306. The zero-order valence-electron chi connectivity index (χ0n) is 9.48. The van der Waals surface area contributed by atoms with Crippen LogP contribution in [0.1, 0.15) is 24.2 Å². The third-order valence-corrected chi connectivity index (χ3v) is 1.81. The molecule has 16 heavy (non-hydrogen) atoms. The van der Waals surface area contributed by atoms with Crippen molar-refractivity contribution < 1.29 is 14.3 Å². The molecule has 0 aliphatic rings. The number of benzene rings is 1. The summed E-state index contributed by atoms with van der Waals surface area (Å²) in [5.41, 5.74) is 0.685. The van der Waals surface area contributed by atoms with Gasteiger partial charge in [-0.25, -0.2) is 9.64 Å². The summed E-state index contributed by atoms with van der Waals surface area (Å²) in [6.07, 6.45) is -0.00789. The molecule has 0 aliphatic heterocycles. The Balaban J connectivity index is 3.11. The Bertz CT molecular complexity index is 432. The highest BCUT2D eigenvalue weighted by molar-refractivity contribution is 5.91. The molecule has 1 aromatic carbocycles. The molecule has 0 heterocycles. The third kappa shape index (κ3) is 2.99. The summed E-state index contributed by atoms with van der Waals surface area (Å²) in [6, 6.07) is 4.64. The summed E-state index contributed by atoms with van der Waals surface area (Å²) in [7, 11) is 1.30. The standard InChI is InChI=1S/C12H13NO3/c1-8(2)16-11-6-9(12(14)15-4)5-10(7-11)13-3/h5-8H,1-2,4H3. The summed E-state index contributed by atoms with van der Waals surface area (Å²) in [5, 5.41) is 0.